The maximum atomic E-state index is 12.3. The number of non-ortho nitro benzene ring substituents is 1. The van der Waals surface area contributed by atoms with Gasteiger partial charge in [0.15, 0.2) is 5.78 Å². The van der Waals surface area contributed by atoms with Crippen LogP contribution >= 0.6 is 0 Å². The topological polar surface area (TPSA) is 72.7 Å². The number of nitro benzene ring substituents is 1. The Kier molecular flexibility index (Phi) is 5.13. The molecule has 6 nitrogen and oxygen atoms in total. The molecule has 1 saturated heterocycles. The summed E-state index contributed by atoms with van der Waals surface area (Å²) in [5.41, 5.74) is 1.81. The molecular formula is C22H24N2O4. The van der Waals surface area contributed by atoms with Crippen molar-refractivity contribution in [2.45, 2.75) is 37.7 Å². The Bertz CT molecular complexity index is 843. The SMILES string of the molecule is O=C(CCCN1CCC2(CC1)Cc1ccccc1O2)c1ccc([N+](=O)[O-])cc1. The molecule has 2 aromatic rings. The third-order valence-electron chi connectivity index (χ3n) is 5.86. The lowest BCUT2D eigenvalue weighted by Crippen LogP contribution is -2.47. The molecule has 2 aromatic carbocycles. The average Bonchev–Trinajstić information content (AvgIpc) is 3.07. The highest BCUT2D eigenvalue weighted by Gasteiger charge is 2.41. The molecule has 146 valence electrons. The standard InChI is InChI=1S/C22H24N2O4/c25-20(17-7-9-19(10-8-17)24(26)27)5-3-13-23-14-11-22(12-15-23)16-18-4-1-2-6-21(18)28-22/h1-2,4,6-10H,3,5,11-16H2. The first-order chi connectivity index (χ1) is 13.5. The summed E-state index contributed by atoms with van der Waals surface area (Å²) < 4.78 is 6.28. The van der Waals surface area contributed by atoms with Crippen LogP contribution < -0.4 is 4.74 Å². The highest BCUT2D eigenvalue weighted by atomic mass is 16.6. The molecule has 2 aliphatic rings. The molecule has 0 unspecified atom stereocenters. The Balaban J connectivity index is 1.22. The van der Waals surface area contributed by atoms with Gasteiger partial charge in [-0.1, -0.05) is 18.2 Å². The van der Waals surface area contributed by atoms with Crippen LogP contribution in [0.2, 0.25) is 0 Å². The lowest BCUT2D eigenvalue weighted by atomic mass is 9.87. The van der Waals surface area contributed by atoms with E-state index >= 15 is 0 Å². The van der Waals surface area contributed by atoms with E-state index in [9.17, 15) is 14.9 Å². The Hall–Kier alpha value is -2.73. The van der Waals surface area contributed by atoms with Crippen molar-refractivity contribution < 1.29 is 14.5 Å². The molecular weight excluding hydrogens is 356 g/mol. The number of benzene rings is 2. The van der Waals surface area contributed by atoms with Gasteiger partial charge in [-0.15, -0.1) is 0 Å². The Morgan fingerprint density at radius 2 is 1.82 bits per heavy atom. The second-order valence-electron chi connectivity index (χ2n) is 7.74. The lowest BCUT2D eigenvalue weighted by molar-refractivity contribution is -0.384. The highest BCUT2D eigenvalue weighted by molar-refractivity contribution is 5.96. The fraction of sp³-hybridized carbons (Fsp3) is 0.409. The number of para-hydroxylation sites is 1. The Labute approximate surface area is 164 Å². The summed E-state index contributed by atoms with van der Waals surface area (Å²) in [5, 5.41) is 10.7. The molecule has 6 heteroatoms. The van der Waals surface area contributed by atoms with Crippen LogP contribution in [-0.2, 0) is 6.42 Å². The number of rotatable bonds is 6. The number of fused-ring (bicyclic) bond motifs is 1. The average molecular weight is 380 g/mol. The van der Waals surface area contributed by atoms with Crippen LogP contribution in [0.4, 0.5) is 5.69 Å². The first-order valence-electron chi connectivity index (χ1n) is 9.82. The Morgan fingerprint density at radius 1 is 1.11 bits per heavy atom. The van der Waals surface area contributed by atoms with E-state index in [0.717, 1.165) is 51.1 Å². The van der Waals surface area contributed by atoms with Gasteiger partial charge in [0.25, 0.3) is 5.69 Å². The first-order valence-corrected chi connectivity index (χ1v) is 9.82. The number of hydrogen-bond donors (Lipinski definition) is 0. The van der Waals surface area contributed by atoms with Crippen molar-refractivity contribution in [3.8, 4) is 5.75 Å². The largest absolute Gasteiger partial charge is 0.487 e. The van der Waals surface area contributed by atoms with Crippen LogP contribution in [0.1, 0.15) is 41.6 Å². The molecule has 0 radical (unpaired) electrons. The van der Waals surface area contributed by atoms with Crippen LogP contribution in [0.25, 0.3) is 0 Å². The number of nitrogens with zero attached hydrogens (tertiary/aromatic N) is 2. The molecule has 4 rings (SSSR count). The van der Waals surface area contributed by atoms with E-state index in [1.807, 2.05) is 6.07 Å². The van der Waals surface area contributed by atoms with Gasteiger partial charge in [0, 0.05) is 56.5 Å². The quantitative estimate of drug-likeness (QED) is 0.430. The molecule has 1 fully saturated rings. The molecule has 0 bridgehead atoms. The third kappa shape index (κ3) is 3.92. The predicted molar refractivity (Wildman–Crippen MR) is 106 cm³/mol. The Morgan fingerprint density at radius 3 is 2.50 bits per heavy atom. The lowest BCUT2D eigenvalue weighted by Gasteiger charge is -2.38. The molecule has 1 spiro atoms. The monoisotopic (exact) mass is 380 g/mol. The van der Waals surface area contributed by atoms with E-state index in [1.165, 1.54) is 17.7 Å². The number of ketones is 1. The van der Waals surface area contributed by atoms with Crippen molar-refractivity contribution in [3.05, 3.63) is 69.8 Å². The van der Waals surface area contributed by atoms with Gasteiger partial charge in [-0.2, -0.15) is 0 Å². The van der Waals surface area contributed by atoms with Crippen LogP contribution in [0.3, 0.4) is 0 Å². The second kappa shape index (κ2) is 7.72. The van der Waals surface area contributed by atoms with Crippen molar-refractivity contribution in [1.29, 1.82) is 0 Å². The van der Waals surface area contributed by atoms with Crippen molar-refractivity contribution >= 4 is 11.5 Å². The van der Waals surface area contributed by atoms with E-state index < -0.39 is 4.92 Å². The van der Waals surface area contributed by atoms with Gasteiger partial charge in [-0.25, -0.2) is 0 Å². The predicted octanol–water partition coefficient (Wildman–Crippen LogP) is 4.03. The number of Topliss-reactive ketones (excluding diaryl/α,β-unsaturated/α-hetero) is 1. The maximum absolute atomic E-state index is 12.3. The van der Waals surface area contributed by atoms with Gasteiger partial charge < -0.3 is 9.64 Å². The van der Waals surface area contributed by atoms with Gasteiger partial charge in [0.2, 0.25) is 0 Å². The zero-order valence-electron chi connectivity index (χ0n) is 15.8. The minimum Gasteiger partial charge on any atom is -0.487 e. The number of piperidine rings is 1. The first kappa shape index (κ1) is 18.6. The fourth-order valence-corrected chi connectivity index (χ4v) is 4.21. The number of ether oxygens (including phenoxy) is 1. The summed E-state index contributed by atoms with van der Waals surface area (Å²) in [5.74, 6) is 1.07. The number of nitro groups is 1. The van der Waals surface area contributed by atoms with Crippen molar-refractivity contribution in [2.24, 2.45) is 0 Å². The van der Waals surface area contributed by atoms with Crippen molar-refractivity contribution in [1.82, 2.24) is 4.90 Å². The van der Waals surface area contributed by atoms with Gasteiger partial charge >= 0.3 is 0 Å². The minimum absolute atomic E-state index is 0.00933. The van der Waals surface area contributed by atoms with Crippen molar-refractivity contribution in [3.63, 3.8) is 0 Å². The van der Waals surface area contributed by atoms with Gasteiger partial charge in [-0.3, -0.25) is 14.9 Å². The molecule has 28 heavy (non-hydrogen) atoms. The number of carbonyl (C=O) groups excluding carboxylic acids is 1. The fourth-order valence-electron chi connectivity index (χ4n) is 4.21. The van der Waals surface area contributed by atoms with E-state index in [2.05, 4.69) is 23.1 Å². The maximum Gasteiger partial charge on any atom is 0.269 e. The van der Waals surface area contributed by atoms with Crippen molar-refractivity contribution in [2.75, 3.05) is 19.6 Å². The van der Waals surface area contributed by atoms with Gasteiger partial charge in [0.1, 0.15) is 11.4 Å². The zero-order valence-corrected chi connectivity index (χ0v) is 15.8. The highest BCUT2D eigenvalue weighted by Crippen LogP contribution is 2.40. The van der Waals surface area contributed by atoms with Crippen LogP contribution in [0, 0.1) is 10.1 Å². The molecule has 0 atom stereocenters. The summed E-state index contributed by atoms with van der Waals surface area (Å²) in [6.07, 6.45) is 4.27. The smallest absolute Gasteiger partial charge is 0.269 e. The van der Waals surface area contributed by atoms with E-state index in [0.29, 0.717) is 12.0 Å². The van der Waals surface area contributed by atoms with Crippen LogP contribution in [0.5, 0.6) is 5.75 Å². The molecule has 0 aromatic heterocycles. The van der Waals surface area contributed by atoms with Crippen LogP contribution in [-0.4, -0.2) is 40.8 Å². The molecule has 2 aliphatic heterocycles. The second-order valence-corrected chi connectivity index (χ2v) is 7.74. The molecule has 0 amide bonds. The summed E-state index contributed by atoms with van der Waals surface area (Å²) in [4.78, 5) is 24.9. The summed E-state index contributed by atoms with van der Waals surface area (Å²) >= 11 is 0. The molecule has 0 N–H and O–H groups in total. The molecule has 0 aliphatic carbocycles. The normalized spacial score (nSPS) is 17.9. The number of carbonyl (C=O) groups is 1. The van der Waals surface area contributed by atoms with Gasteiger partial charge in [0.05, 0.1) is 4.92 Å². The van der Waals surface area contributed by atoms with E-state index in [4.69, 9.17) is 4.74 Å². The summed E-state index contributed by atoms with van der Waals surface area (Å²) in [6.45, 7) is 2.86. The van der Waals surface area contributed by atoms with Crippen LogP contribution in [0.15, 0.2) is 48.5 Å². The van der Waals surface area contributed by atoms with Gasteiger partial charge in [-0.05, 0) is 36.7 Å². The van der Waals surface area contributed by atoms with E-state index in [1.54, 1.807) is 12.1 Å². The van der Waals surface area contributed by atoms with E-state index in [-0.39, 0.29) is 17.1 Å². The third-order valence-corrected chi connectivity index (χ3v) is 5.86. The molecule has 2 heterocycles. The summed E-state index contributed by atoms with van der Waals surface area (Å²) in [6, 6.07) is 14.2. The molecule has 0 saturated carbocycles. The number of likely N-dealkylation sites (tertiary alicyclic amines) is 1. The number of hydrogen-bond acceptors (Lipinski definition) is 5. The minimum atomic E-state index is -0.454. The zero-order chi connectivity index (χ0) is 19.6. The summed E-state index contributed by atoms with van der Waals surface area (Å²) in [7, 11) is 0.